The van der Waals surface area contributed by atoms with E-state index in [-0.39, 0.29) is 23.5 Å². The van der Waals surface area contributed by atoms with Crippen LogP contribution >= 0.6 is 11.8 Å². The summed E-state index contributed by atoms with van der Waals surface area (Å²) in [6.45, 7) is 5.51. The van der Waals surface area contributed by atoms with Crippen molar-refractivity contribution in [3.05, 3.63) is 0 Å². The third-order valence-corrected chi connectivity index (χ3v) is 3.57. The molecule has 0 radical (unpaired) electrons. The summed E-state index contributed by atoms with van der Waals surface area (Å²) < 4.78 is 5.34. The molecule has 5 heteroatoms. The Kier molecular flexibility index (Phi) is 13.1. The van der Waals surface area contributed by atoms with Gasteiger partial charge >= 0.3 is 0 Å². The second-order valence-electron chi connectivity index (χ2n) is 5.21. The van der Waals surface area contributed by atoms with Crippen LogP contribution in [-0.2, 0) is 9.53 Å². The molecular weight excluding hydrogens is 274 g/mol. The van der Waals surface area contributed by atoms with Gasteiger partial charge in [-0.05, 0) is 19.1 Å². The quantitative estimate of drug-likeness (QED) is 0.559. The molecule has 0 aromatic heterocycles. The lowest BCUT2D eigenvalue weighted by Gasteiger charge is -2.06. The van der Waals surface area contributed by atoms with Gasteiger partial charge in [0.05, 0.1) is 0 Å². The van der Waals surface area contributed by atoms with E-state index in [4.69, 9.17) is 4.74 Å². The Bertz CT molecular complexity index is 270. The fraction of sp³-hybridized carbons (Fsp3) is 0.867. The van der Waals surface area contributed by atoms with Crippen molar-refractivity contribution in [2.75, 3.05) is 26.0 Å². The molecule has 0 saturated carbocycles. The zero-order valence-corrected chi connectivity index (χ0v) is 13.9. The monoisotopic (exact) mass is 303 g/mol. The van der Waals surface area contributed by atoms with Crippen molar-refractivity contribution >= 4 is 22.8 Å². The molecule has 0 bridgehead atoms. The molecule has 0 rings (SSSR count). The van der Waals surface area contributed by atoms with Crippen LogP contribution in [0.3, 0.4) is 0 Å². The minimum absolute atomic E-state index is 0.0538. The van der Waals surface area contributed by atoms with E-state index in [0.717, 1.165) is 32.2 Å². The summed E-state index contributed by atoms with van der Waals surface area (Å²) in [5.41, 5.74) is 0. The van der Waals surface area contributed by atoms with Crippen LogP contribution in [0.25, 0.3) is 0 Å². The van der Waals surface area contributed by atoms with Gasteiger partial charge < -0.3 is 10.1 Å². The van der Waals surface area contributed by atoms with Crippen LogP contribution in [0.5, 0.6) is 0 Å². The number of carbonyl (C=O) groups is 2. The molecule has 0 aliphatic carbocycles. The van der Waals surface area contributed by atoms with E-state index in [0.29, 0.717) is 6.61 Å². The first-order valence-corrected chi connectivity index (χ1v) is 8.72. The lowest BCUT2D eigenvalue weighted by Crippen LogP contribution is -2.19. The number of hydrogen-bond donors (Lipinski definition) is 1. The Balaban J connectivity index is 3.14. The average Bonchev–Trinajstić information content (AvgIpc) is 2.43. The summed E-state index contributed by atoms with van der Waals surface area (Å²) in [7, 11) is 0. The predicted molar refractivity (Wildman–Crippen MR) is 85.3 cm³/mol. The summed E-state index contributed by atoms with van der Waals surface area (Å²) in [5.74, 6) is 0.249. The second kappa shape index (κ2) is 13.4. The first-order valence-electron chi connectivity index (χ1n) is 7.50. The third-order valence-electron chi connectivity index (χ3n) is 3.06. The van der Waals surface area contributed by atoms with Gasteiger partial charge in [-0.15, -0.1) is 0 Å². The number of nitrogens with one attached hydrogen (secondary N) is 1. The Labute approximate surface area is 127 Å². The molecule has 1 amide bonds. The van der Waals surface area contributed by atoms with Crippen molar-refractivity contribution in [3.8, 4) is 0 Å². The van der Waals surface area contributed by atoms with E-state index < -0.39 is 0 Å². The van der Waals surface area contributed by atoms with Crippen molar-refractivity contribution < 1.29 is 14.3 Å². The van der Waals surface area contributed by atoms with Crippen molar-refractivity contribution in [3.63, 3.8) is 0 Å². The molecule has 4 nitrogen and oxygen atoms in total. The lowest BCUT2D eigenvalue weighted by molar-refractivity contribution is -0.126. The van der Waals surface area contributed by atoms with Gasteiger partial charge in [-0.25, -0.2) is 0 Å². The molecule has 0 aromatic carbocycles. The fourth-order valence-corrected chi connectivity index (χ4v) is 1.88. The molecule has 0 aliphatic rings. The van der Waals surface area contributed by atoms with Gasteiger partial charge in [0, 0.05) is 19.1 Å². The SMILES string of the molecule is CSC(=O)NCCCCCCCCOCC(=O)C(C)C. The molecule has 0 fully saturated rings. The van der Waals surface area contributed by atoms with Crippen LogP contribution in [-0.4, -0.2) is 37.0 Å². The fourth-order valence-electron chi connectivity index (χ4n) is 1.64. The van der Waals surface area contributed by atoms with E-state index in [1.54, 1.807) is 6.26 Å². The van der Waals surface area contributed by atoms with Crippen molar-refractivity contribution in [1.29, 1.82) is 0 Å². The predicted octanol–water partition coefficient (Wildman–Crippen LogP) is 3.64. The van der Waals surface area contributed by atoms with E-state index >= 15 is 0 Å². The maximum Gasteiger partial charge on any atom is 0.278 e. The molecule has 0 saturated heterocycles. The summed E-state index contributed by atoms with van der Waals surface area (Å²) in [4.78, 5) is 22.2. The molecule has 0 heterocycles. The number of carbonyl (C=O) groups excluding carboxylic acids is 2. The van der Waals surface area contributed by atoms with E-state index in [2.05, 4.69) is 5.32 Å². The summed E-state index contributed by atoms with van der Waals surface area (Å²) in [6.07, 6.45) is 8.54. The van der Waals surface area contributed by atoms with Gasteiger partial charge in [-0.3, -0.25) is 9.59 Å². The topological polar surface area (TPSA) is 55.4 Å². The van der Waals surface area contributed by atoms with Gasteiger partial charge in [0.2, 0.25) is 0 Å². The number of amides is 1. The summed E-state index contributed by atoms with van der Waals surface area (Å²) in [5, 5.41) is 2.90. The maximum atomic E-state index is 11.3. The smallest absolute Gasteiger partial charge is 0.278 e. The molecule has 0 aromatic rings. The number of unbranched alkanes of at least 4 members (excludes halogenated alkanes) is 5. The molecule has 0 atom stereocenters. The standard InChI is InChI=1S/C15H29NO3S/c1-13(2)14(17)12-19-11-9-7-5-4-6-8-10-16-15(18)20-3/h13H,4-12H2,1-3H3,(H,16,18). The van der Waals surface area contributed by atoms with Gasteiger partial charge in [-0.1, -0.05) is 51.3 Å². The molecule has 0 aliphatic heterocycles. The minimum atomic E-state index is 0.0538. The van der Waals surface area contributed by atoms with Crippen LogP contribution in [0.2, 0.25) is 0 Å². The van der Waals surface area contributed by atoms with Crippen LogP contribution in [0.1, 0.15) is 52.4 Å². The molecule has 0 unspecified atom stereocenters. The molecule has 0 spiro atoms. The Morgan fingerprint density at radius 3 is 2.25 bits per heavy atom. The zero-order valence-electron chi connectivity index (χ0n) is 13.1. The van der Waals surface area contributed by atoms with Crippen LogP contribution in [0, 0.1) is 5.92 Å². The average molecular weight is 303 g/mol. The van der Waals surface area contributed by atoms with Crippen LogP contribution in [0.15, 0.2) is 0 Å². The van der Waals surface area contributed by atoms with E-state index in [9.17, 15) is 9.59 Å². The Morgan fingerprint density at radius 2 is 1.65 bits per heavy atom. The number of ketones is 1. The summed E-state index contributed by atoms with van der Waals surface area (Å²) in [6, 6.07) is 0. The van der Waals surface area contributed by atoms with Gasteiger partial charge in [0.1, 0.15) is 6.61 Å². The zero-order chi connectivity index (χ0) is 15.2. The minimum Gasteiger partial charge on any atom is -0.374 e. The highest BCUT2D eigenvalue weighted by Crippen LogP contribution is 2.05. The highest BCUT2D eigenvalue weighted by Gasteiger charge is 2.06. The number of ether oxygens (including phenoxy) is 1. The first-order chi connectivity index (χ1) is 9.57. The Hall–Kier alpha value is -0.550. The molecule has 20 heavy (non-hydrogen) atoms. The van der Waals surface area contributed by atoms with Crippen molar-refractivity contribution in [2.45, 2.75) is 52.4 Å². The first kappa shape index (κ1) is 19.4. The third kappa shape index (κ3) is 12.5. The van der Waals surface area contributed by atoms with Crippen molar-refractivity contribution in [1.82, 2.24) is 5.32 Å². The highest BCUT2D eigenvalue weighted by atomic mass is 32.2. The largest absolute Gasteiger partial charge is 0.374 e. The van der Waals surface area contributed by atoms with Gasteiger partial charge in [-0.2, -0.15) is 0 Å². The second-order valence-corrected chi connectivity index (χ2v) is 5.99. The van der Waals surface area contributed by atoms with Gasteiger partial charge in [0.25, 0.3) is 5.24 Å². The van der Waals surface area contributed by atoms with E-state index in [1.807, 2.05) is 13.8 Å². The van der Waals surface area contributed by atoms with Crippen LogP contribution in [0.4, 0.5) is 4.79 Å². The Morgan fingerprint density at radius 1 is 1.05 bits per heavy atom. The molecule has 118 valence electrons. The normalized spacial score (nSPS) is 10.8. The van der Waals surface area contributed by atoms with Crippen molar-refractivity contribution in [2.24, 2.45) is 5.92 Å². The van der Waals surface area contributed by atoms with Gasteiger partial charge in [0.15, 0.2) is 5.78 Å². The van der Waals surface area contributed by atoms with Crippen LogP contribution < -0.4 is 5.32 Å². The molecule has 1 N–H and O–H groups in total. The lowest BCUT2D eigenvalue weighted by atomic mass is 10.1. The number of thioether (sulfide) groups is 1. The highest BCUT2D eigenvalue weighted by molar-refractivity contribution is 8.12. The molecular formula is C15H29NO3S. The maximum absolute atomic E-state index is 11.3. The number of rotatable bonds is 12. The number of Topliss-reactive ketones (excluding diaryl/α,β-unsaturated/α-hetero) is 1. The summed E-state index contributed by atoms with van der Waals surface area (Å²) >= 11 is 1.22. The van der Waals surface area contributed by atoms with E-state index in [1.165, 1.54) is 24.6 Å². The number of hydrogen-bond acceptors (Lipinski definition) is 4.